The number of amides is 1. The summed E-state index contributed by atoms with van der Waals surface area (Å²) in [4.78, 5) is 23.7. The molecular weight excluding hydrogens is 306 g/mol. The number of ether oxygens (including phenoxy) is 2. The molecule has 0 unspecified atom stereocenters. The van der Waals surface area contributed by atoms with Crippen molar-refractivity contribution in [1.29, 1.82) is 0 Å². The highest BCUT2D eigenvalue weighted by molar-refractivity contribution is 5.85. The molecule has 0 radical (unpaired) electrons. The maximum Gasteiger partial charge on any atom is 0.408 e. The summed E-state index contributed by atoms with van der Waals surface area (Å²) >= 11 is 0. The SMILES string of the molecule is CC(=O)[C@H](Cc1ccc(OC(C)(C)C)cc1)NC(=O)OC(C)(C)C. The highest BCUT2D eigenvalue weighted by Gasteiger charge is 2.22. The number of hydrogen-bond acceptors (Lipinski definition) is 4. The smallest absolute Gasteiger partial charge is 0.408 e. The fourth-order valence-corrected chi connectivity index (χ4v) is 2.03. The Morgan fingerprint density at radius 2 is 1.54 bits per heavy atom. The molecule has 0 fully saturated rings. The number of hydrogen-bond donors (Lipinski definition) is 1. The van der Waals surface area contributed by atoms with Gasteiger partial charge in [-0.05, 0) is 72.6 Å². The number of carbonyl (C=O) groups is 2. The Bertz CT molecular complexity index is 565. The highest BCUT2D eigenvalue weighted by atomic mass is 16.6. The maximum absolute atomic E-state index is 11.9. The van der Waals surface area contributed by atoms with Crippen LogP contribution in [0.5, 0.6) is 5.75 Å². The molecular formula is C19H29NO4. The van der Waals surface area contributed by atoms with E-state index in [9.17, 15) is 9.59 Å². The van der Waals surface area contributed by atoms with Crippen LogP contribution >= 0.6 is 0 Å². The summed E-state index contributed by atoms with van der Waals surface area (Å²) in [5.41, 5.74) is 0.0755. The maximum atomic E-state index is 11.9. The first kappa shape index (κ1) is 20.0. The molecule has 1 aromatic rings. The zero-order valence-electron chi connectivity index (χ0n) is 15.7. The number of rotatable bonds is 5. The van der Waals surface area contributed by atoms with Crippen LogP contribution in [0.15, 0.2) is 24.3 Å². The van der Waals surface area contributed by atoms with Gasteiger partial charge in [-0.2, -0.15) is 0 Å². The van der Waals surface area contributed by atoms with Crippen molar-refractivity contribution >= 4 is 11.9 Å². The van der Waals surface area contributed by atoms with Crippen LogP contribution in [0.25, 0.3) is 0 Å². The standard InChI is InChI=1S/C19H29NO4/c1-13(21)16(20-17(22)24-19(5,6)7)12-14-8-10-15(11-9-14)23-18(2,3)4/h8-11,16H,12H2,1-7H3,(H,20,22)/t16-/m0/s1. The number of Topliss-reactive ketones (excluding diaryl/α,β-unsaturated/α-hetero) is 1. The van der Waals surface area contributed by atoms with Crippen LogP contribution in [0.3, 0.4) is 0 Å². The van der Waals surface area contributed by atoms with Gasteiger partial charge in [-0.15, -0.1) is 0 Å². The van der Waals surface area contributed by atoms with Crippen molar-refractivity contribution in [2.75, 3.05) is 0 Å². The minimum absolute atomic E-state index is 0.115. The Labute approximate surface area is 144 Å². The van der Waals surface area contributed by atoms with Crippen LogP contribution in [0.2, 0.25) is 0 Å². The molecule has 1 amide bonds. The Kier molecular flexibility index (Phi) is 6.41. The van der Waals surface area contributed by atoms with Gasteiger partial charge in [-0.3, -0.25) is 4.79 Å². The van der Waals surface area contributed by atoms with Crippen molar-refractivity contribution < 1.29 is 19.1 Å². The fourth-order valence-electron chi connectivity index (χ4n) is 2.03. The van der Waals surface area contributed by atoms with E-state index in [1.807, 2.05) is 45.0 Å². The Morgan fingerprint density at radius 3 is 1.96 bits per heavy atom. The average Bonchev–Trinajstić information content (AvgIpc) is 2.36. The first-order chi connectivity index (χ1) is 10.9. The van der Waals surface area contributed by atoms with Crippen molar-refractivity contribution in [3.8, 4) is 5.75 Å². The summed E-state index contributed by atoms with van der Waals surface area (Å²) in [6.07, 6.45) is -0.180. The van der Waals surface area contributed by atoms with Crippen LogP contribution in [0.1, 0.15) is 54.0 Å². The van der Waals surface area contributed by atoms with Gasteiger partial charge in [0.05, 0.1) is 6.04 Å². The highest BCUT2D eigenvalue weighted by Crippen LogP contribution is 2.19. The van der Waals surface area contributed by atoms with Gasteiger partial charge in [-0.1, -0.05) is 12.1 Å². The predicted octanol–water partition coefficient (Wildman–Crippen LogP) is 3.89. The Balaban J connectivity index is 2.72. The van der Waals surface area contributed by atoms with E-state index < -0.39 is 17.7 Å². The molecule has 1 aromatic carbocycles. The lowest BCUT2D eigenvalue weighted by atomic mass is 10.0. The molecule has 5 heteroatoms. The van der Waals surface area contributed by atoms with Gasteiger partial charge < -0.3 is 14.8 Å². The Morgan fingerprint density at radius 1 is 1.00 bits per heavy atom. The van der Waals surface area contributed by atoms with Gasteiger partial charge in [0.2, 0.25) is 0 Å². The van der Waals surface area contributed by atoms with Gasteiger partial charge in [0.1, 0.15) is 17.0 Å². The summed E-state index contributed by atoms with van der Waals surface area (Å²) < 4.78 is 11.0. The van der Waals surface area contributed by atoms with E-state index in [1.165, 1.54) is 6.92 Å². The number of ketones is 1. The molecule has 0 aliphatic carbocycles. The molecule has 134 valence electrons. The fraction of sp³-hybridized carbons (Fsp3) is 0.579. The minimum Gasteiger partial charge on any atom is -0.488 e. The molecule has 0 spiro atoms. The second-order valence-electron chi connectivity index (χ2n) is 7.87. The van der Waals surface area contributed by atoms with E-state index in [-0.39, 0.29) is 11.4 Å². The van der Waals surface area contributed by atoms with Gasteiger partial charge in [-0.25, -0.2) is 4.79 Å². The third-order valence-corrected chi connectivity index (χ3v) is 2.97. The molecule has 0 bridgehead atoms. The zero-order valence-corrected chi connectivity index (χ0v) is 15.7. The van der Waals surface area contributed by atoms with Gasteiger partial charge in [0.15, 0.2) is 5.78 Å². The van der Waals surface area contributed by atoms with Crippen molar-refractivity contribution in [1.82, 2.24) is 5.32 Å². The van der Waals surface area contributed by atoms with Crippen LogP contribution in [-0.4, -0.2) is 29.1 Å². The summed E-state index contributed by atoms with van der Waals surface area (Å²) in [6, 6.07) is 6.91. The topological polar surface area (TPSA) is 64.6 Å². The minimum atomic E-state index is -0.616. The largest absolute Gasteiger partial charge is 0.488 e. The number of nitrogens with one attached hydrogen (secondary N) is 1. The molecule has 0 heterocycles. The van der Waals surface area contributed by atoms with Gasteiger partial charge in [0.25, 0.3) is 0 Å². The van der Waals surface area contributed by atoms with Crippen molar-refractivity contribution in [3.63, 3.8) is 0 Å². The molecule has 0 saturated carbocycles. The second kappa shape index (κ2) is 7.69. The quantitative estimate of drug-likeness (QED) is 0.886. The molecule has 1 atom stereocenters. The van der Waals surface area contributed by atoms with E-state index in [0.717, 1.165) is 11.3 Å². The van der Waals surface area contributed by atoms with Gasteiger partial charge >= 0.3 is 6.09 Å². The molecule has 0 saturated heterocycles. The van der Waals surface area contributed by atoms with Crippen molar-refractivity contribution in [2.24, 2.45) is 0 Å². The third kappa shape index (κ3) is 7.99. The van der Waals surface area contributed by atoms with E-state index in [4.69, 9.17) is 9.47 Å². The summed E-state index contributed by atoms with van der Waals surface area (Å²) in [6.45, 7) is 12.8. The number of carbonyl (C=O) groups excluding carboxylic acids is 2. The molecule has 0 aliphatic heterocycles. The molecule has 1 rings (SSSR count). The van der Waals surface area contributed by atoms with E-state index in [0.29, 0.717) is 6.42 Å². The lowest BCUT2D eigenvalue weighted by Crippen LogP contribution is -2.43. The first-order valence-electron chi connectivity index (χ1n) is 8.14. The summed E-state index contributed by atoms with van der Waals surface area (Å²) in [5, 5.41) is 2.63. The Hall–Kier alpha value is -2.04. The van der Waals surface area contributed by atoms with Crippen LogP contribution < -0.4 is 10.1 Å². The first-order valence-corrected chi connectivity index (χ1v) is 8.14. The van der Waals surface area contributed by atoms with Crippen LogP contribution in [0.4, 0.5) is 4.79 Å². The molecule has 0 aliphatic rings. The second-order valence-corrected chi connectivity index (χ2v) is 7.87. The average molecular weight is 335 g/mol. The van der Waals surface area contributed by atoms with Crippen LogP contribution in [-0.2, 0) is 16.0 Å². The monoisotopic (exact) mass is 335 g/mol. The third-order valence-electron chi connectivity index (χ3n) is 2.97. The summed E-state index contributed by atoms with van der Waals surface area (Å²) in [7, 11) is 0. The normalized spacial score (nSPS) is 13.1. The molecule has 0 aromatic heterocycles. The number of alkyl carbamates (subject to hydrolysis) is 1. The predicted molar refractivity (Wildman–Crippen MR) is 94.4 cm³/mol. The van der Waals surface area contributed by atoms with Crippen molar-refractivity contribution in [2.45, 2.75) is 72.1 Å². The summed E-state index contributed by atoms with van der Waals surface area (Å²) in [5.74, 6) is 0.654. The molecule has 1 N–H and O–H groups in total. The number of benzene rings is 1. The van der Waals surface area contributed by atoms with E-state index >= 15 is 0 Å². The van der Waals surface area contributed by atoms with E-state index in [2.05, 4.69) is 5.32 Å². The molecule has 5 nitrogen and oxygen atoms in total. The van der Waals surface area contributed by atoms with Crippen molar-refractivity contribution in [3.05, 3.63) is 29.8 Å². The molecule has 24 heavy (non-hydrogen) atoms. The zero-order chi connectivity index (χ0) is 18.5. The lowest BCUT2D eigenvalue weighted by Gasteiger charge is -2.23. The van der Waals surface area contributed by atoms with Gasteiger partial charge in [0, 0.05) is 0 Å². The lowest BCUT2D eigenvalue weighted by molar-refractivity contribution is -0.119. The van der Waals surface area contributed by atoms with Crippen LogP contribution in [0, 0.1) is 0 Å². The van der Waals surface area contributed by atoms with E-state index in [1.54, 1.807) is 20.8 Å².